The molecule has 0 bridgehead atoms. The maximum absolute atomic E-state index is 6.06. The minimum atomic E-state index is 0.455. The van der Waals surface area contributed by atoms with Crippen molar-refractivity contribution in [2.75, 3.05) is 6.54 Å². The molecule has 0 amide bonds. The zero-order valence-electron chi connectivity index (χ0n) is 10.6. The molecule has 1 aliphatic rings. The summed E-state index contributed by atoms with van der Waals surface area (Å²) in [6.45, 7) is 3.02. The first-order valence-corrected chi connectivity index (χ1v) is 6.62. The van der Waals surface area contributed by atoms with Gasteiger partial charge in [0.1, 0.15) is 0 Å². The molecule has 2 heteroatoms. The number of rotatable bonds is 4. The number of benzene rings is 1. The highest BCUT2D eigenvalue weighted by Crippen LogP contribution is 2.25. The van der Waals surface area contributed by atoms with Crippen LogP contribution < -0.4 is 5.73 Å². The smallest absolute Gasteiger partial charge is 0.0968 e. The lowest BCUT2D eigenvalue weighted by Crippen LogP contribution is -2.22. The molecular formula is C15H22N2. The van der Waals surface area contributed by atoms with Crippen molar-refractivity contribution in [3.05, 3.63) is 35.9 Å². The molecule has 2 nitrogen and oxygen atoms in total. The van der Waals surface area contributed by atoms with Crippen LogP contribution in [0.25, 0.3) is 0 Å². The molecule has 0 radical (unpaired) electrons. The quantitative estimate of drug-likeness (QED) is 0.625. The van der Waals surface area contributed by atoms with Crippen LogP contribution in [0, 0.1) is 5.92 Å². The van der Waals surface area contributed by atoms with Gasteiger partial charge in [0, 0.05) is 18.4 Å². The summed E-state index contributed by atoms with van der Waals surface area (Å²) in [6.07, 6.45) is 5.09. The molecule has 2 rings (SSSR count). The molecule has 1 fully saturated rings. The molecule has 1 unspecified atom stereocenters. The summed E-state index contributed by atoms with van der Waals surface area (Å²) in [5.41, 5.74) is 7.40. The molecule has 0 aliphatic heterocycles. The van der Waals surface area contributed by atoms with Crippen molar-refractivity contribution >= 4 is 5.84 Å². The highest BCUT2D eigenvalue weighted by atomic mass is 14.9. The van der Waals surface area contributed by atoms with E-state index in [2.05, 4.69) is 36.2 Å². The Hall–Kier alpha value is -1.31. The van der Waals surface area contributed by atoms with Gasteiger partial charge in [-0.1, -0.05) is 50.1 Å². The monoisotopic (exact) mass is 230 g/mol. The number of nitrogens with zero attached hydrogens (tertiary/aromatic N) is 1. The van der Waals surface area contributed by atoms with Crippen molar-refractivity contribution < 1.29 is 0 Å². The van der Waals surface area contributed by atoms with Gasteiger partial charge in [-0.25, -0.2) is 0 Å². The molecule has 1 aromatic carbocycles. The highest BCUT2D eigenvalue weighted by Gasteiger charge is 2.18. The molecule has 0 heterocycles. The van der Waals surface area contributed by atoms with E-state index in [1.54, 1.807) is 0 Å². The zero-order valence-corrected chi connectivity index (χ0v) is 10.6. The van der Waals surface area contributed by atoms with Crippen LogP contribution in [0.2, 0.25) is 0 Å². The van der Waals surface area contributed by atoms with E-state index >= 15 is 0 Å². The Morgan fingerprint density at radius 3 is 2.59 bits per heavy atom. The highest BCUT2D eigenvalue weighted by molar-refractivity contribution is 5.83. The Morgan fingerprint density at radius 1 is 1.29 bits per heavy atom. The standard InChI is InChI=1S/C15H22N2/c1-12(13-7-3-2-4-8-13)11-17-15(16)14-9-5-6-10-14/h2-4,7-8,12,14H,5-6,9-11H2,1H3,(H2,16,17). The van der Waals surface area contributed by atoms with Crippen LogP contribution in [0.1, 0.15) is 44.1 Å². The maximum Gasteiger partial charge on any atom is 0.0968 e. The van der Waals surface area contributed by atoms with Gasteiger partial charge in [0.25, 0.3) is 0 Å². The van der Waals surface area contributed by atoms with E-state index in [0.717, 1.165) is 12.4 Å². The molecule has 0 saturated heterocycles. The topological polar surface area (TPSA) is 38.4 Å². The number of amidine groups is 1. The van der Waals surface area contributed by atoms with Gasteiger partial charge in [0.2, 0.25) is 0 Å². The van der Waals surface area contributed by atoms with E-state index in [0.29, 0.717) is 11.8 Å². The van der Waals surface area contributed by atoms with Crippen molar-refractivity contribution in [1.29, 1.82) is 0 Å². The molecular weight excluding hydrogens is 208 g/mol. The fraction of sp³-hybridized carbons (Fsp3) is 0.533. The van der Waals surface area contributed by atoms with Crippen LogP contribution in [0.5, 0.6) is 0 Å². The van der Waals surface area contributed by atoms with Gasteiger partial charge in [-0.3, -0.25) is 4.99 Å². The third-order valence-corrected chi connectivity index (χ3v) is 3.69. The van der Waals surface area contributed by atoms with Crippen molar-refractivity contribution in [2.24, 2.45) is 16.6 Å². The Bertz CT molecular complexity index is 364. The third-order valence-electron chi connectivity index (χ3n) is 3.69. The number of hydrogen-bond acceptors (Lipinski definition) is 1. The molecule has 92 valence electrons. The largest absolute Gasteiger partial charge is 0.387 e. The van der Waals surface area contributed by atoms with Crippen molar-refractivity contribution in [2.45, 2.75) is 38.5 Å². The van der Waals surface area contributed by atoms with Crippen molar-refractivity contribution in [3.8, 4) is 0 Å². The summed E-state index contributed by atoms with van der Waals surface area (Å²) < 4.78 is 0. The Morgan fingerprint density at radius 2 is 1.94 bits per heavy atom. The van der Waals surface area contributed by atoms with Crippen LogP contribution in [0.15, 0.2) is 35.3 Å². The van der Waals surface area contributed by atoms with Gasteiger partial charge in [-0.05, 0) is 18.4 Å². The fourth-order valence-corrected chi connectivity index (χ4v) is 2.48. The van der Waals surface area contributed by atoms with Crippen LogP contribution in [0.4, 0.5) is 0 Å². The molecule has 2 N–H and O–H groups in total. The van der Waals surface area contributed by atoms with Gasteiger partial charge < -0.3 is 5.73 Å². The summed E-state index contributed by atoms with van der Waals surface area (Å²) in [7, 11) is 0. The lowest BCUT2D eigenvalue weighted by atomic mass is 10.0. The minimum absolute atomic E-state index is 0.455. The van der Waals surface area contributed by atoms with E-state index in [1.165, 1.54) is 31.2 Å². The molecule has 0 spiro atoms. The second-order valence-corrected chi connectivity index (χ2v) is 5.06. The minimum Gasteiger partial charge on any atom is -0.387 e. The first-order chi connectivity index (χ1) is 8.27. The maximum atomic E-state index is 6.06. The average molecular weight is 230 g/mol. The Kier molecular flexibility index (Phi) is 4.18. The van der Waals surface area contributed by atoms with Crippen LogP contribution in [0.3, 0.4) is 0 Å². The van der Waals surface area contributed by atoms with E-state index in [4.69, 9.17) is 5.73 Å². The van der Waals surface area contributed by atoms with Gasteiger partial charge in [0.05, 0.1) is 5.84 Å². The van der Waals surface area contributed by atoms with E-state index < -0.39 is 0 Å². The van der Waals surface area contributed by atoms with E-state index in [-0.39, 0.29) is 0 Å². The van der Waals surface area contributed by atoms with Gasteiger partial charge >= 0.3 is 0 Å². The molecule has 17 heavy (non-hydrogen) atoms. The van der Waals surface area contributed by atoms with Crippen LogP contribution in [-0.4, -0.2) is 12.4 Å². The second-order valence-electron chi connectivity index (χ2n) is 5.06. The normalized spacial score (nSPS) is 19.5. The van der Waals surface area contributed by atoms with E-state index in [1.807, 2.05) is 6.07 Å². The van der Waals surface area contributed by atoms with E-state index in [9.17, 15) is 0 Å². The SMILES string of the molecule is CC(CN=C(N)C1CCCC1)c1ccccc1. The summed E-state index contributed by atoms with van der Waals surface area (Å²) in [5, 5.41) is 0. The fourth-order valence-electron chi connectivity index (χ4n) is 2.48. The Balaban J connectivity index is 1.90. The second kappa shape index (κ2) is 5.85. The summed E-state index contributed by atoms with van der Waals surface area (Å²) in [6, 6.07) is 10.5. The average Bonchev–Trinajstić information content (AvgIpc) is 2.90. The molecule has 0 aromatic heterocycles. The molecule has 1 aromatic rings. The first-order valence-electron chi connectivity index (χ1n) is 6.62. The van der Waals surface area contributed by atoms with Gasteiger partial charge in [0.15, 0.2) is 0 Å². The summed E-state index contributed by atoms with van der Waals surface area (Å²) in [4.78, 5) is 4.58. The zero-order chi connectivity index (χ0) is 12.1. The van der Waals surface area contributed by atoms with Crippen LogP contribution >= 0.6 is 0 Å². The van der Waals surface area contributed by atoms with Gasteiger partial charge in [-0.2, -0.15) is 0 Å². The first kappa shape index (κ1) is 12.2. The molecule has 1 atom stereocenters. The number of nitrogens with two attached hydrogens (primary N) is 1. The molecule has 1 saturated carbocycles. The molecule has 1 aliphatic carbocycles. The predicted molar refractivity (Wildman–Crippen MR) is 73.3 cm³/mol. The summed E-state index contributed by atoms with van der Waals surface area (Å²) in [5.74, 6) is 1.89. The third kappa shape index (κ3) is 3.32. The lowest BCUT2D eigenvalue weighted by Gasteiger charge is -2.12. The van der Waals surface area contributed by atoms with Crippen molar-refractivity contribution in [3.63, 3.8) is 0 Å². The number of hydrogen-bond donors (Lipinski definition) is 1. The van der Waals surface area contributed by atoms with Crippen molar-refractivity contribution in [1.82, 2.24) is 0 Å². The lowest BCUT2D eigenvalue weighted by molar-refractivity contribution is 0.702. The number of aliphatic imine (C=N–C) groups is 1. The Labute approximate surface area is 104 Å². The predicted octanol–water partition coefficient (Wildman–Crippen LogP) is 3.34. The van der Waals surface area contributed by atoms with Gasteiger partial charge in [-0.15, -0.1) is 0 Å². The summed E-state index contributed by atoms with van der Waals surface area (Å²) >= 11 is 0. The van der Waals surface area contributed by atoms with Crippen LogP contribution in [-0.2, 0) is 0 Å².